The molecule has 0 bridgehead atoms. The predicted molar refractivity (Wildman–Crippen MR) is 105 cm³/mol. The highest BCUT2D eigenvalue weighted by molar-refractivity contribution is 5.88. The SMILES string of the molecule is CCOC(=O)[C@H](Cc1ccccc1)NC(=O)CNC(=O)NCc1ccc(F)cc1. The number of nitrogens with one attached hydrogen (secondary N) is 3. The van der Waals surface area contributed by atoms with Gasteiger partial charge in [0.2, 0.25) is 5.91 Å². The summed E-state index contributed by atoms with van der Waals surface area (Å²) < 4.78 is 17.9. The van der Waals surface area contributed by atoms with E-state index in [0.29, 0.717) is 0 Å². The lowest BCUT2D eigenvalue weighted by atomic mass is 10.1. The first-order valence-electron chi connectivity index (χ1n) is 9.24. The van der Waals surface area contributed by atoms with Crippen LogP contribution in [0.4, 0.5) is 9.18 Å². The molecule has 154 valence electrons. The molecule has 0 aliphatic rings. The Balaban J connectivity index is 1.81. The largest absolute Gasteiger partial charge is 0.464 e. The van der Waals surface area contributed by atoms with Crippen LogP contribution < -0.4 is 16.0 Å². The molecule has 2 aromatic rings. The average Bonchev–Trinajstić information content (AvgIpc) is 2.72. The second-order valence-electron chi connectivity index (χ2n) is 6.22. The van der Waals surface area contributed by atoms with Crippen molar-refractivity contribution < 1.29 is 23.5 Å². The minimum Gasteiger partial charge on any atom is -0.464 e. The molecule has 0 aromatic heterocycles. The summed E-state index contributed by atoms with van der Waals surface area (Å²) in [4.78, 5) is 36.1. The third-order valence-corrected chi connectivity index (χ3v) is 3.96. The maximum atomic E-state index is 12.9. The van der Waals surface area contributed by atoms with Gasteiger partial charge in [-0.3, -0.25) is 4.79 Å². The molecular weight excluding hydrogens is 377 g/mol. The van der Waals surface area contributed by atoms with E-state index in [2.05, 4.69) is 16.0 Å². The number of carbonyl (C=O) groups is 3. The van der Waals surface area contributed by atoms with Crippen LogP contribution in [0.15, 0.2) is 54.6 Å². The van der Waals surface area contributed by atoms with Crippen molar-refractivity contribution in [1.82, 2.24) is 16.0 Å². The van der Waals surface area contributed by atoms with Gasteiger partial charge in [0.15, 0.2) is 0 Å². The van der Waals surface area contributed by atoms with Crippen molar-refractivity contribution in [2.24, 2.45) is 0 Å². The summed E-state index contributed by atoms with van der Waals surface area (Å²) in [7, 11) is 0. The highest BCUT2D eigenvalue weighted by atomic mass is 19.1. The van der Waals surface area contributed by atoms with Crippen molar-refractivity contribution in [3.05, 3.63) is 71.5 Å². The third kappa shape index (κ3) is 8.00. The van der Waals surface area contributed by atoms with Gasteiger partial charge in [-0.2, -0.15) is 0 Å². The number of benzene rings is 2. The van der Waals surface area contributed by atoms with Crippen molar-refractivity contribution in [2.45, 2.75) is 25.9 Å². The molecule has 0 heterocycles. The van der Waals surface area contributed by atoms with Crippen LogP contribution in [0.1, 0.15) is 18.1 Å². The van der Waals surface area contributed by atoms with E-state index in [9.17, 15) is 18.8 Å². The van der Waals surface area contributed by atoms with Crippen LogP contribution in [-0.2, 0) is 27.3 Å². The molecule has 0 saturated carbocycles. The zero-order valence-corrected chi connectivity index (χ0v) is 16.1. The molecule has 2 aromatic carbocycles. The first-order valence-corrected chi connectivity index (χ1v) is 9.24. The molecule has 0 aliphatic heterocycles. The number of hydrogen-bond acceptors (Lipinski definition) is 4. The molecule has 3 amide bonds. The van der Waals surface area contributed by atoms with Gasteiger partial charge < -0.3 is 20.7 Å². The van der Waals surface area contributed by atoms with Crippen LogP contribution in [0.5, 0.6) is 0 Å². The molecule has 0 fully saturated rings. The lowest BCUT2D eigenvalue weighted by Crippen LogP contribution is -2.48. The Hall–Kier alpha value is -3.42. The average molecular weight is 401 g/mol. The minimum absolute atomic E-state index is 0.188. The lowest BCUT2D eigenvalue weighted by Gasteiger charge is -2.17. The number of amides is 3. The first kappa shape index (κ1) is 21.9. The Kier molecular flexibility index (Phi) is 8.62. The van der Waals surface area contributed by atoms with Crippen LogP contribution in [0.3, 0.4) is 0 Å². The monoisotopic (exact) mass is 401 g/mol. The zero-order chi connectivity index (χ0) is 21.1. The van der Waals surface area contributed by atoms with E-state index >= 15 is 0 Å². The molecule has 0 radical (unpaired) electrons. The molecule has 29 heavy (non-hydrogen) atoms. The van der Waals surface area contributed by atoms with E-state index in [1.165, 1.54) is 12.1 Å². The summed E-state index contributed by atoms with van der Waals surface area (Å²) in [5.41, 5.74) is 1.59. The Morgan fingerprint density at radius 3 is 2.31 bits per heavy atom. The summed E-state index contributed by atoms with van der Waals surface area (Å²) in [5, 5.41) is 7.57. The summed E-state index contributed by atoms with van der Waals surface area (Å²) >= 11 is 0. The maximum absolute atomic E-state index is 12.9. The molecular formula is C21H24FN3O4. The van der Waals surface area contributed by atoms with Crippen LogP contribution >= 0.6 is 0 Å². The number of esters is 1. The summed E-state index contributed by atoms with van der Waals surface area (Å²) in [6.45, 7) is 1.77. The van der Waals surface area contributed by atoms with E-state index < -0.39 is 23.9 Å². The molecule has 7 nitrogen and oxygen atoms in total. The zero-order valence-electron chi connectivity index (χ0n) is 16.1. The van der Waals surface area contributed by atoms with Gasteiger partial charge in [-0.15, -0.1) is 0 Å². The Morgan fingerprint density at radius 1 is 0.966 bits per heavy atom. The second-order valence-corrected chi connectivity index (χ2v) is 6.22. The predicted octanol–water partition coefficient (Wildman–Crippen LogP) is 1.92. The van der Waals surface area contributed by atoms with E-state index in [4.69, 9.17) is 4.74 Å². The molecule has 2 rings (SSSR count). The van der Waals surface area contributed by atoms with E-state index in [1.54, 1.807) is 19.1 Å². The normalized spacial score (nSPS) is 11.2. The van der Waals surface area contributed by atoms with Crippen LogP contribution in [0.2, 0.25) is 0 Å². The van der Waals surface area contributed by atoms with E-state index in [0.717, 1.165) is 11.1 Å². The quantitative estimate of drug-likeness (QED) is 0.560. The number of rotatable bonds is 9. The van der Waals surface area contributed by atoms with Crippen molar-refractivity contribution in [3.8, 4) is 0 Å². The van der Waals surface area contributed by atoms with Gasteiger partial charge in [-0.05, 0) is 30.2 Å². The van der Waals surface area contributed by atoms with E-state index in [-0.39, 0.29) is 31.9 Å². The van der Waals surface area contributed by atoms with Gasteiger partial charge in [-0.1, -0.05) is 42.5 Å². The Labute approximate surface area is 168 Å². The third-order valence-electron chi connectivity index (χ3n) is 3.96. The minimum atomic E-state index is -0.853. The Bertz CT molecular complexity index is 812. The van der Waals surface area contributed by atoms with Crippen molar-refractivity contribution >= 4 is 17.9 Å². The number of hydrogen-bond donors (Lipinski definition) is 3. The smallest absolute Gasteiger partial charge is 0.328 e. The lowest BCUT2D eigenvalue weighted by molar-refractivity contribution is -0.147. The fourth-order valence-corrected chi connectivity index (χ4v) is 2.54. The standard InChI is InChI=1S/C21H24FN3O4/c1-2-29-20(27)18(12-15-6-4-3-5-7-15)25-19(26)14-24-21(28)23-13-16-8-10-17(22)11-9-16/h3-11,18H,2,12-14H2,1H3,(H,25,26)(H2,23,24,28)/t18-/m0/s1. The fourth-order valence-electron chi connectivity index (χ4n) is 2.54. The van der Waals surface area contributed by atoms with Gasteiger partial charge in [-0.25, -0.2) is 14.0 Å². The highest BCUT2D eigenvalue weighted by Gasteiger charge is 2.22. The fraction of sp³-hybridized carbons (Fsp3) is 0.286. The van der Waals surface area contributed by atoms with Crippen molar-refractivity contribution in [2.75, 3.05) is 13.2 Å². The van der Waals surface area contributed by atoms with Crippen molar-refractivity contribution in [3.63, 3.8) is 0 Å². The molecule has 0 spiro atoms. The van der Waals surface area contributed by atoms with Crippen LogP contribution in [-0.4, -0.2) is 37.1 Å². The number of halogens is 1. The van der Waals surface area contributed by atoms with Gasteiger partial charge in [0.1, 0.15) is 11.9 Å². The maximum Gasteiger partial charge on any atom is 0.328 e. The summed E-state index contributed by atoms with van der Waals surface area (Å²) in [5.74, 6) is -1.41. The van der Waals surface area contributed by atoms with Gasteiger partial charge >= 0.3 is 12.0 Å². The van der Waals surface area contributed by atoms with Crippen LogP contribution in [0.25, 0.3) is 0 Å². The molecule has 1 atom stereocenters. The van der Waals surface area contributed by atoms with Gasteiger partial charge in [0.25, 0.3) is 0 Å². The summed E-state index contributed by atoms with van der Waals surface area (Å²) in [6.07, 6.45) is 0.280. The Morgan fingerprint density at radius 2 is 1.66 bits per heavy atom. The second kappa shape index (κ2) is 11.4. The molecule has 0 unspecified atom stereocenters. The molecule has 0 saturated heterocycles. The highest BCUT2D eigenvalue weighted by Crippen LogP contribution is 2.05. The van der Waals surface area contributed by atoms with Gasteiger partial charge in [0, 0.05) is 13.0 Å². The molecule has 3 N–H and O–H groups in total. The summed E-state index contributed by atoms with van der Waals surface area (Å²) in [6, 6.07) is 13.5. The molecule has 8 heteroatoms. The van der Waals surface area contributed by atoms with Crippen LogP contribution in [0, 0.1) is 5.82 Å². The van der Waals surface area contributed by atoms with Gasteiger partial charge in [0.05, 0.1) is 13.2 Å². The number of carbonyl (C=O) groups excluding carboxylic acids is 3. The van der Waals surface area contributed by atoms with E-state index in [1.807, 2.05) is 30.3 Å². The number of ether oxygens (including phenoxy) is 1. The topological polar surface area (TPSA) is 96.5 Å². The first-order chi connectivity index (χ1) is 14.0. The number of urea groups is 1. The molecule has 0 aliphatic carbocycles. The van der Waals surface area contributed by atoms with Crippen molar-refractivity contribution in [1.29, 1.82) is 0 Å².